The minimum Gasteiger partial charge on any atom is -0.314 e. The number of nitrogens with one attached hydrogen (secondary N) is 1. The summed E-state index contributed by atoms with van der Waals surface area (Å²) in [7, 11) is -2.82. The van der Waals surface area contributed by atoms with Crippen LogP contribution in [0.4, 0.5) is 0 Å². The van der Waals surface area contributed by atoms with Crippen LogP contribution in [0.15, 0.2) is 12.3 Å². The number of rotatable bonds is 6. The molecule has 2 atom stereocenters. The van der Waals surface area contributed by atoms with Crippen molar-refractivity contribution < 1.29 is 8.42 Å². The molecule has 1 aromatic rings. The number of aromatic nitrogens is 2. The van der Waals surface area contributed by atoms with Gasteiger partial charge in [0.2, 0.25) is 0 Å². The molecule has 1 fully saturated rings. The first kappa shape index (κ1) is 15.5. The summed E-state index contributed by atoms with van der Waals surface area (Å²) in [6.07, 6.45) is 3.56. The molecule has 114 valence electrons. The molecule has 0 aliphatic carbocycles. The SMILES string of the molecule is CCNC(Cc1ccn(C(C)C)n1)C1CCS(=O)(=O)C1. The van der Waals surface area contributed by atoms with Gasteiger partial charge in [-0.25, -0.2) is 8.42 Å². The number of nitrogens with zero attached hydrogens (tertiary/aromatic N) is 2. The van der Waals surface area contributed by atoms with Crippen LogP contribution in [0, 0.1) is 5.92 Å². The molecule has 2 rings (SSSR count). The van der Waals surface area contributed by atoms with Crippen molar-refractivity contribution in [3.8, 4) is 0 Å². The van der Waals surface area contributed by atoms with Gasteiger partial charge in [-0.05, 0) is 38.8 Å². The lowest BCUT2D eigenvalue weighted by atomic mass is 9.95. The lowest BCUT2D eigenvalue weighted by molar-refractivity contribution is 0.381. The van der Waals surface area contributed by atoms with E-state index in [0.29, 0.717) is 17.5 Å². The quantitative estimate of drug-likeness (QED) is 0.863. The molecule has 5 nitrogen and oxygen atoms in total. The van der Waals surface area contributed by atoms with Crippen molar-refractivity contribution in [1.82, 2.24) is 15.1 Å². The molecular weight excluding hydrogens is 274 g/mol. The Morgan fingerprint density at radius 3 is 2.75 bits per heavy atom. The van der Waals surface area contributed by atoms with Crippen LogP contribution in [0.1, 0.15) is 38.9 Å². The van der Waals surface area contributed by atoms with Crippen LogP contribution >= 0.6 is 0 Å². The fraction of sp³-hybridized carbons (Fsp3) is 0.786. The Bertz CT molecular complexity index is 536. The Kier molecular flexibility index (Phi) is 4.86. The van der Waals surface area contributed by atoms with Crippen molar-refractivity contribution in [2.24, 2.45) is 5.92 Å². The van der Waals surface area contributed by atoms with E-state index in [4.69, 9.17) is 0 Å². The first-order valence-corrected chi connectivity index (χ1v) is 9.21. The zero-order chi connectivity index (χ0) is 14.8. The van der Waals surface area contributed by atoms with Crippen molar-refractivity contribution in [1.29, 1.82) is 0 Å². The van der Waals surface area contributed by atoms with E-state index in [1.807, 2.05) is 16.9 Å². The first-order valence-electron chi connectivity index (χ1n) is 7.39. The van der Waals surface area contributed by atoms with Gasteiger partial charge < -0.3 is 5.32 Å². The predicted octanol–water partition coefficient (Wildman–Crippen LogP) is 1.42. The number of sulfone groups is 1. The van der Waals surface area contributed by atoms with Gasteiger partial charge in [-0.3, -0.25) is 4.68 Å². The zero-order valence-electron chi connectivity index (χ0n) is 12.5. The van der Waals surface area contributed by atoms with Gasteiger partial charge in [0.1, 0.15) is 0 Å². The fourth-order valence-electron chi connectivity index (χ4n) is 2.81. The predicted molar refractivity (Wildman–Crippen MR) is 80.5 cm³/mol. The van der Waals surface area contributed by atoms with E-state index in [0.717, 1.165) is 25.1 Å². The second-order valence-electron chi connectivity index (χ2n) is 5.91. The van der Waals surface area contributed by atoms with E-state index in [-0.39, 0.29) is 12.0 Å². The van der Waals surface area contributed by atoms with Crippen LogP contribution in [0.25, 0.3) is 0 Å². The summed E-state index contributed by atoms with van der Waals surface area (Å²) in [5.41, 5.74) is 1.04. The maximum absolute atomic E-state index is 11.6. The molecule has 0 aromatic carbocycles. The van der Waals surface area contributed by atoms with Gasteiger partial charge in [0.05, 0.1) is 17.2 Å². The zero-order valence-corrected chi connectivity index (χ0v) is 13.4. The number of hydrogen-bond donors (Lipinski definition) is 1. The van der Waals surface area contributed by atoms with Crippen LogP contribution in [-0.2, 0) is 16.3 Å². The average Bonchev–Trinajstić information content (AvgIpc) is 2.95. The first-order chi connectivity index (χ1) is 9.41. The van der Waals surface area contributed by atoms with Gasteiger partial charge in [0.15, 0.2) is 9.84 Å². The molecule has 6 heteroatoms. The Labute approximate surface area is 121 Å². The van der Waals surface area contributed by atoms with Crippen molar-refractivity contribution in [2.75, 3.05) is 18.1 Å². The third kappa shape index (κ3) is 3.82. The summed E-state index contributed by atoms with van der Waals surface area (Å²) in [5, 5.41) is 8.00. The monoisotopic (exact) mass is 299 g/mol. The van der Waals surface area contributed by atoms with Gasteiger partial charge in [0, 0.05) is 24.7 Å². The molecule has 20 heavy (non-hydrogen) atoms. The minimum atomic E-state index is -2.82. The Morgan fingerprint density at radius 1 is 1.50 bits per heavy atom. The molecule has 0 spiro atoms. The van der Waals surface area contributed by atoms with Crippen molar-refractivity contribution >= 4 is 9.84 Å². The van der Waals surface area contributed by atoms with Gasteiger partial charge in [-0.1, -0.05) is 6.92 Å². The lowest BCUT2D eigenvalue weighted by Crippen LogP contribution is -2.38. The van der Waals surface area contributed by atoms with Crippen molar-refractivity contribution in [3.05, 3.63) is 18.0 Å². The highest BCUT2D eigenvalue weighted by atomic mass is 32.2. The summed E-state index contributed by atoms with van der Waals surface area (Å²) in [5.74, 6) is 0.861. The van der Waals surface area contributed by atoms with Crippen LogP contribution in [0.2, 0.25) is 0 Å². The lowest BCUT2D eigenvalue weighted by Gasteiger charge is -2.22. The molecule has 0 saturated carbocycles. The highest BCUT2D eigenvalue weighted by molar-refractivity contribution is 7.91. The van der Waals surface area contributed by atoms with Gasteiger partial charge >= 0.3 is 0 Å². The molecule has 0 radical (unpaired) electrons. The Hall–Kier alpha value is -0.880. The van der Waals surface area contributed by atoms with Gasteiger partial charge in [-0.15, -0.1) is 0 Å². The molecule has 1 aliphatic heterocycles. The molecule has 1 saturated heterocycles. The van der Waals surface area contributed by atoms with Crippen LogP contribution in [0.5, 0.6) is 0 Å². The number of likely N-dealkylation sites (N-methyl/N-ethyl adjacent to an activating group) is 1. The van der Waals surface area contributed by atoms with Gasteiger partial charge in [-0.2, -0.15) is 5.10 Å². The van der Waals surface area contributed by atoms with E-state index in [2.05, 4.69) is 31.2 Å². The van der Waals surface area contributed by atoms with E-state index in [1.165, 1.54) is 0 Å². The van der Waals surface area contributed by atoms with Gasteiger partial charge in [0.25, 0.3) is 0 Å². The molecule has 1 aliphatic rings. The third-order valence-electron chi connectivity index (χ3n) is 3.92. The Balaban J connectivity index is 2.05. The highest BCUT2D eigenvalue weighted by Gasteiger charge is 2.33. The second kappa shape index (κ2) is 6.26. The average molecular weight is 299 g/mol. The van der Waals surface area contributed by atoms with Crippen LogP contribution in [0.3, 0.4) is 0 Å². The molecule has 0 amide bonds. The van der Waals surface area contributed by atoms with E-state index >= 15 is 0 Å². The molecular formula is C14H25N3O2S. The minimum absolute atomic E-state index is 0.202. The number of hydrogen-bond acceptors (Lipinski definition) is 4. The van der Waals surface area contributed by atoms with Crippen LogP contribution < -0.4 is 5.32 Å². The van der Waals surface area contributed by atoms with E-state index < -0.39 is 9.84 Å². The molecule has 2 heterocycles. The summed E-state index contributed by atoms with van der Waals surface area (Å²) in [6, 6.07) is 2.59. The highest BCUT2D eigenvalue weighted by Crippen LogP contribution is 2.24. The van der Waals surface area contributed by atoms with Crippen molar-refractivity contribution in [3.63, 3.8) is 0 Å². The largest absolute Gasteiger partial charge is 0.314 e. The standard InChI is InChI=1S/C14H25N3O2S/c1-4-15-14(12-6-8-20(18,19)10-12)9-13-5-7-17(16-13)11(2)3/h5,7,11-12,14-15H,4,6,8-10H2,1-3H3. The Morgan fingerprint density at radius 2 is 2.25 bits per heavy atom. The van der Waals surface area contributed by atoms with E-state index in [1.54, 1.807) is 0 Å². The maximum atomic E-state index is 11.6. The van der Waals surface area contributed by atoms with E-state index in [9.17, 15) is 8.42 Å². The molecule has 2 unspecified atom stereocenters. The fourth-order valence-corrected chi connectivity index (χ4v) is 4.69. The molecule has 0 bridgehead atoms. The topological polar surface area (TPSA) is 64.0 Å². The van der Waals surface area contributed by atoms with Crippen molar-refractivity contribution in [2.45, 2.75) is 45.7 Å². The maximum Gasteiger partial charge on any atom is 0.150 e. The third-order valence-corrected chi connectivity index (χ3v) is 5.72. The normalized spacial score (nSPS) is 23.3. The summed E-state index contributed by atoms with van der Waals surface area (Å²) >= 11 is 0. The molecule has 1 N–H and O–H groups in total. The summed E-state index contributed by atoms with van der Waals surface area (Å²) in [4.78, 5) is 0. The summed E-state index contributed by atoms with van der Waals surface area (Å²) < 4.78 is 25.2. The second-order valence-corrected chi connectivity index (χ2v) is 8.14. The van der Waals surface area contributed by atoms with Crippen LogP contribution in [-0.4, -0.2) is 42.3 Å². The smallest absolute Gasteiger partial charge is 0.150 e. The summed E-state index contributed by atoms with van der Waals surface area (Å²) in [6.45, 7) is 7.11. The molecule has 1 aromatic heterocycles.